The highest BCUT2D eigenvalue weighted by atomic mass is 16.3. The number of fused-ring (bicyclic) bond motifs is 1. The Morgan fingerprint density at radius 3 is 2.77 bits per heavy atom. The average Bonchev–Trinajstić information content (AvgIpc) is 2.93. The van der Waals surface area contributed by atoms with E-state index in [1.165, 1.54) is 10.6 Å². The molecule has 0 saturated carbocycles. The maximum absolute atomic E-state index is 12.1. The SMILES string of the molecule is C[C@H](NC(=O)Cn1ccccc1=O)c1cc2ccccc2o1. The number of hydrogen-bond acceptors (Lipinski definition) is 3. The third-order valence-corrected chi connectivity index (χ3v) is 3.46. The third kappa shape index (κ3) is 2.93. The number of pyridine rings is 1. The lowest BCUT2D eigenvalue weighted by molar-refractivity contribution is -0.122. The van der Waals surface area contributed by atoms with Crippen LogP contribution in [0.5, 0.6) is 0 Å². The fraction of sp³-hybridized carbons (Fsp3) is 0.176. The van der Waals surface area contributed by atoms with Crippen molar-refractivity contribution in [2.24, 2.45) is 0 Å². The lowest BCUT2D eigenvalue weighted by atomic mass is 10.2. The van der Waals surface area contributed by atoms with Crippen molar-refractivity contribution in [3.05, 3.63) is 70.8 Å². The third-order valence-electron chi connectivity index (χ3n) is 3.46. The fourth-order valence-corrected chi connectivity index (χ4v) is 2.32. The second-order valence-electron chi connectivity index (χ2n) is 5.14. The van der Waals surface area contributed by atoms with Gasteiger partial charge in [-0.3, -0.25) is 9.59 Å². The van der Waals surface area contributed by atoms with E-state index >= 15 is 0 Å². The molecule has 22 heavy (non-hydrogen) atoms. The van der Waals surface area contributed by atoms with Gasteiger partial charge in [0.1, 0.15) is 17.9 Å². The van der Waals surface area contributed by atoms with Crippen molar-refractivity contribution in [2.45, 2.75) is 19.5 Å². The minimum Gasteiger partial charge on any atom is -0.459 e. The largest absolute Gasteiger partial charge is 0.459 e. The predicted octanol–water partition coefficient (Wildman–Crippen LogP) is 2.47. The van der Waals surface area contributed by atoms with Gasteiger partial charge in [0.15, 0.2) is 0 Å². The van der Waals surface area contributed by atoms with Gasteiger partial charge in [0.2, 0.25) is 5.91 Å². The lowest BCUT2D eigenvalue weighted by Gasteiger charge is -2.12. The molecule has 1 atom stereocenters. The van der Waals surface area contributed by atoms with E-state index in [-0.39, 0.29) is 24.1 Å². The summed E-state index contributed by atoms with van der Waals surface area (Å²) >= 11 is 0. The van der Waals surface area contributed by atoms with Crippen LogP contribution in [0.4, 0.5) is 0 Å². The number of furan rings is 1. The lowest BCUT2D eigenvalue weighted by Crippen LogP contribution is -2.33. The van der Waals surface area contributed by atoms with Gasteiger partial charge in [-0.25, -0.2) is 0 Å². The fourth-order valence-electron chi connectivity index (χ4n) is 2.32. The van der Waals surface area contributed by atoms with Crippen LogP contribution >= 0.6 is 0 Å². The molecule has 112 valence electrons. The molecule has 0 aliphatic rings. The van der Waals surface area contributed by atoms with Crippen LogP contribution in [0, 0.1) is 0 Å². The molecule has 0 aliphatic heterocycles. The predicted molar refractivity (Wildman–Crippen MR) is 83.5 cm³/mol. The number of benzene rings is 1. The standard InChI is InChI=1S/C17H16N2O3/c1-12(15-10-13-6-2-3-7-14(13)22-15)18-16(20)11-19-9-5-4-8-17(19)21/h2-10,12H,11H2,1H3,(H,18,20)/t12-/m0/s1. The Hall–Kier alpha value is -2.82. The molecule has 2 aromatic heterocycles. The summed E-state index contributed by atoms with van der Waals surface area (Å²) in [6.45, 7) is 1.84. The smallest absolute Gasteiger partial charge is 0.250 e. The molecule has 0 radical (unpaired) electrons. The van der Waals surface area contributed by atoms with Crippen LogP contribution < -0.4 is 10.9 Å². The van der Waals surface area contributed by atoms with Gasteiger partial charge < -0.3 is 14.3 Å². The van der Waals surface area contributed by atoms with Crippen molar-refractivity contribution in [3.8, 4) is 0 Å². The zero-order valence-corrected chi connectivity index (χ0v) is 12.2. The first-order chi connectivity index (χ1) is 10.6. The van der Waals surface area contributed by atoms with E-state index in [0.29, 0.717) is 5.76 Å². The van der Waals surface area contributed by atoms with E-state index in [1.54, 1.807) is 18.3 Å². The van der Waals surface area contributed by atoms with Crippen molar-refractivity contribution in [1.82, 2.24) is 9.88 Å². The van der Waals surface area contributed by atoms with Crippen LogP contribution in [-0.2, 0) is 11.3 Å². The van der Waals surface area contributed by atoms with Gasteiger partial charge in [0.05, 0.1) is 6.04 Å². The summed E-state index contributed by atoms with van der Waals surface area (Å²) in [5.41, 5.74) is 0.590. The summed E-state index contributed by atoms with van der Waals surface area (Å²) in [6, 6.07) is 14.1. The van der Waals surface area contributed by atoms with Gasteiger partial charge in [-0.05, 0) is 25.1 Å². The Balaban J connectivity index is 1.71. The molecule has 5 heteroatoms. The van der Waals surface area contributed by atoms with Crippen LogP contribution in [-0.4, -0.2) is 10.5 Å². The quantitative estimate of drug-likeness (QED) is 0.804. The molecule has 3 rings (SSSR count). The van der Waals surface area contributed by atoms with E-state index < -0.39 is 0 Å². The summed E-state index contributed by atoms with van der Waals surface area (Å²) in [5, 5.41) is 3.84. The molecule has 0 unspecified atom stereocenters. The van der Waals surface area contributed by atoms with Crippen molar-refractivity contribution >= 4 is 16.9 Å². The number of aromatic nitrogens is 1. The highest BCUT2D eigenvalue weighted by molar-refractivity contribution is 5.79. The van der Waals surface area contributed by atoms with E-state index in [9.17, 15) is 9.59 Å². The molecule has 0 aliphatic carbocycles. The number of nitrogens with one attached hydrogen (secondary N) is 1. The Labute approximate surface area is 127 Å². The summed E-state index contributed by atoms with van der Waals surface area (Å²) in [4.78, 5) is 23.6. The average molecular weight is 296 g/mol. The molecule has 0 saturated heterocycles. The first-order valence-corrected chi connectivity index (χ1v) is 7.07. The molecule has 3 aromatic rings. The zero-order chi connectivity index (χ0) is 15.5. The molecule has 1 N–H and O–H groups in total. The van der Waals surface area contributed by atoms with Gasteiger partial charge in [0, 0.05) is 17.6 Å². The molecule has 0 fully saturated rings. The topological polar surface area (TPSA) is 64.2 Å². The van der Waals surface area contributed by atoms with Crippen molar-refractivity contribution in [1.29, 1.82) is 0 Å². The minimum atomic E-state index is -0.265. The molecule has 1 aromatic carbocycles. The monoisotopic (exact) mass is 296 g/mol. The number of carbonyl (C=O) groups is 1. The summed E-state index contributed by atoms with van der Waals surface area (Å²) < 4.78 is 7.08. The first-order valence-electron chi connectivity index (χ1n) is 7.07. The van der Waals surface area contributed by atoms with Crippen LogP contribution in [0.2, 0.25) is 0 Å². The van der Waals surface area contributed by atoms with Gasteiger partial charge in [-0.2, -0.15) is 0 Å². The summed E-state index contributed by atoms with van der Waals surface area (Å²) in [6.07, 6.45) is 1.59. The second-order valence-corrected chi connectivity index (χ2v) is 5.14. The molecule has 5 nitrogen and oxygen atoms in total. The van der Waals surface area contributed by atoms with Gasteiger partial charge >= 0.3 is 0 Å². The molecular formula is C17H16N2O3. The number of amides is 1. The highest BCUT2D eigenvalue weighted by Crippen LogP contribution is 2.23. The molecule has 1 amide bonds. The second kappa shape index (κ2) is 5.89. The van der Waals surface area contributed by atoms with Crippen LogP contribution in [0.15, 0.2) is 63.9 Å². The molecule has 0 spiro atoms. The Morgan fingerprint density at radius 1 is 1.23 bits per heavy atom. The van der Waals surface area contributed by atoms with E-state index in [0.717, 1.165) is 11.0 Å². The minimum absolute atomic E-state index is 0.00968. The van der Waals surface area contributed by atoms with E-state index in [1.807, 2.05) is 37.3 Å². The molecular weight excluding hydrogens is 280 g/mol. The van der Waals surface area contributed by atoms with Gasteiger partial charge in [-0.15, -0.1) is 0 Å². The maximum atomic E-state index is 12.1. The van der Waals surface area contributed by atoms with Gasteiger partial charge in [-0.1, -0.05) is 24.3 Å². The summed E-state index contributed by atoms with van der Waals surface area (Å²) in [7, 11) is 0. The first kappa shape index (κ1) is 14.1. The molecule has 2 heterocycles. The van der Waals surface area contributed by atoms with Crippen LogP contribution in [0.3, 0.4) is 0 Å². The van der Waals surface area contributed by atoms with E-state index in [4.69, 9.17) is 4.42 Å². The number of hydrogen-bond donors (Lipinski definition) is 1. The molecule has 0 bridgehead atoms. The van der Waals surface area contributed by atoms with Crippen molar-refractivity contribution < 1.29 is 9.21 Å². The van der Waals surface area contributed by atoms with Crippen LogP contribution in [0.1, 0.15) is 18.7 Å². The van der Waals surface area contributed by atoms with Crippen molar-refractivity contribution in [2.75, 3.05) is 0 Å². The maximum Gasteiger partial charge on any atom is 0.250 e. The number of para-hydroxylation sites is 1. The number of nitrogens with zero attached hydrogens (tertiary/aromatic N) is 1. The van der Waals surface area contributed by atoms with E-state index in [2.05, 4.69) is 5.32 Å². The normalized spacial score (nSPS) is 12.2. The van der Waals surface area contributed by atoms with Crippen LogP contribution in [0.25, 0.3) is 11.0 Å². The Morgan fingerprint density at radius 2 is 2.00 bits per heavy atom. The Bertz CT molecular complexity index is 830. The number of rotatable bonds is 4. The zero-order valence-electron chi connectivity index (χ0n) is 12.2. The Kier molecular flexibility index (Phi) is 3.78. The number of carbonyl (C=O) groups excluding carboxylic acids is 1. The summed E-state index contributed by atoms with van der Waals surface area (Å²) in [5.74, 6) is 0.455. The van der Waals surface area contributed by atoms with Gasteiger partial charge in [0.25, 0.3) is 5.56 Å². The highest BCUT2D eigenvalue weighted by Gasteiger charge is 2.14. The van der Waals surface area contributed by atoms with Crippen molar-refractivity contribution in [3.63, 3.8) is 0 Å².